The van der Waals surface area contributed by atoms with E-state index in [2.05, 4.69) is 17.5 Å². The smallest absolute Gasteiger partial charge is 0.407 e. The fraction of sp³-hybridized carbons (Fsp3) is 0.714. The van der Waals surface area contributed by atoms with Crippen LogP contribution >= 0.6 is 0 Å². The third-order valence-electron chi connectivity index (χ3n) is 4.20. The maximum Gasteiger partial charge on any atom is 0.407 e. The maximum atomic E-state index is 12.6. The van der Waals surface area contributed by atoms with Crippen LogP contribution in [0.1, 0.15) is 26.7 Å². The Labute approximate surface area is 112 Å². The van der Waals surface area contributed by atoms with E-state index in [4.69, 9.17) is 4.74 Å². The van der Waals surface area contributed by atoms with Crippen LogP contribution in [-0.2, 0) is 9.53 Å². The summed E-state index contributed by atoms with van der Waals surface area (Å²) in [6.07, 6.45) is 4.14. The molecule has 0 radical (unpaired) electrons. The highest BCUT2D eigenvalue weighted by molar-refractivity contribution is 5.84. The fourth-order valence-electron chi connectivity index (χ4n) is 3.10. The minimum absolute atomic E-state index is 0.0657. The predicted molar refractivity (Wildman–Crippen MR) is 68.4 cm³/mol. The number of amides is 1. The summed E-state index contributed by atoms with van der Waals surface area (Å²) >= 11 is 0. The lowest BCUT2D eigenvalue weighted by Crippen LogP contribution is -2.41. The Morgan fingerprint density at radius 1 is 1.53 bits per heavy atom. The average molecular weight is 269 g/mol. The van der Waals surface area contributed by atoms with E-state index < -0.39 is 17.7 Å². The van der Waals surface area contributed by atoms with E-state index in [0.29, 0.717) is 5.92 Å². The number of alkyl carbamates (subject to hydrolysis) is 1. The Hall–Kier alpha value is -1.39. The van der Waals surface area contributed by atoms with Crippen LogP contribution in [0.15, 0.2) is 12.2 Å². The molecular formula is C14H20FNO3. The molecule has 1 fully saturated rings. The zero-order valence-corrected chi connectivity index (χ0v) is 11.3. The number of hydrogen-bond donors (Lipinski definition) is 1. The van der Waals surface area contributed by atoms with E-state index >= 15 is 0 Å². The topological polar surface area (TPSA) is 55.4 Å². The summed E-state index contributed by atoms with van der Waals surface area (Å²) in [6.45, 7) is 2.93. The number of ketones is 1. The van der Waals surface area contributed by atoms with Gasteiger partial charge in [-0.3, -0.25) is 4.79 Å². The van der Waals surface area contributed by atoms with Crippen molar-refractivity contribution in [1.29, 1.82) is 0 Å². The van der Waals surface area contributed by atoms with Gasteiger partial charge in [0.15, 0.2) is 0 Å². The van der Waals surface area contributed by atoms with E-state index in [1.807, 2.05) is 0 Å². The number of halogens is 1. The van der Waals surface area contributed by atoms with Gasteiger partial charge >= 0.3 is 6.09 Å². The number of alkyl halides is 1. The van der Waals surface area contributed by atoms with Gasteiger partial charge in [-0.2, -0.15) is 0 Å². The Bertz CT molecular complexity index is 407. The van der Waals surface area contributed by atoms with Crippen molar-refractivity contribution in [2.75, 3.05) is 13.2 Å². The van der Waals surface area contributed by atoms with Crippen LogP contribution in [-0.4, -0.2) is 31.2 Å². The molecule has 0 aromatic heterocycles. The fourth-order valence-corrected chi connectivity index (χ4v) is 3.10. The molecule has 19 heavy (non-hydrogen) atoms. The van der Waals surface area contributed by atoms with Crippen molar-refractivity contribution < 1.29 is 18.7 Å². The molecule has 0 spiro atoms. The molecule has 5 heteroatoms. The molecule has 4 nitrogen and oxygen atoms in total. The first-order chi connectivity index (χ1) is 8.94. The van der Waals surface area contributed by atoms with Gasteiger partial charge in [0.2, 0.25) is 0 Å². The van der Waals surface area contributed by atoms with E-state index in [-0.39, 0.29) is 24.9 Å². The molecule has 0 aromatic carbocycles. The largest absolute Gasteiger partial charge is 0.448 e. The van der Waals surface area contributed by atoms with Gasteiger partial charge in [-0.1, -0.05) is 12.2 Å². The Kier molecular flexibility index (Phi) is 3.92. The van der Waals surface area contributed by atoms with Crippen molar-refractivity contribution in [3.63, 3.8) is 0 Å². The molecular weight excluding hydrogens is 249 g/mol. The maximum absolute atomic E-state index is 12.6. The second-order valence-corrected chi connectivity index (χ2v) is 5.64. The lowest BCUT2D eigenvalue weighted by Gasteiger charge is -2.32. The van der Waals surface area contributed by atoms with Crippen LogP contribution in [0.25, 0.3) is 0 Å². The number of nitrogens with one attached hydrogen (secondary N) is 1. The van der Waals surface area contributed by atoms with E-state index in [9.17, 15) is 14.0 Å². The highest BCUT2D eigenvalue weighted by Gasteiger charge is 2.52. The normalized spacial score (nSPS) is 33.2. The number of allylic oxidation sites excluding steroid dienone is 2. The lowest BCUT2D eigenvalue weighted by atomic mass is 9.73. The second-order valence-electron chi connectivity index (χ2n) is 5.64. The van der Waals surface area contributed by atoms with Gasteiger partial charge in [-0.15, -0.1) is 0 Å². The molecule has 0 heterocycles. The SMILES string of the molecule is CC(=O)C1(COC(=O)NCC(C)F)CC2C=CC1C2. The van der Waals surface area contributed by atoms with Gasteiger partial charge in [0, 0.05) is 0 Å². The van der Waals surface area contributed by atoms with Gasteiger partial charge in [0.25, 0.3) is 0 Å². The van der Waals surface area contributed by atoms with Gasteiger partial charge in [0.05, 0.1) is 12.0 Å². The van der Waals surface area contributed by atoms with Crippen molar-refractivity contribution in [3.8, 4) is 0 Å². The number of carbonyl (C=O) groups is 2. The Balaban J connectivity index is 1.91. The van der Waals surface area contributed by atoms with Gasteiger partial charge in [-0.05, 0) is 38.5 Å². The number of rotatable bonds is 5. The number of Topliss-reactive ketones (excluding diaryl/α,β-unsaturated/α-hetero) is 1. The van der Waals surface area contributed by atoms with E-state index in [1.165, 1.54) is 6.92 Å². The van der Waals surface area contributed by atoms with Crippen LogP contribution in [0.4, 0.5) is 9.18 Å². The zero-order chi connectivity index (χ0) is 14.0. The van der Waals surface area contributed by atoms with E-state index in [1.54, 1.807) is 6.92 Å². The molecule has 2 bridgehead atoms. The van der Waals surface area contributed by atoms with Crippen LogP contribution in [0.2, 0.25) is 0 Å². The summed E-state index contributed by atoms with van der Waals surface area (Å²) in [5.41, 5.74) is -0.571. The third-order valence-corrected chi connectivity index (χ3v) is 4.20. The van der Waals surface area contributed by atoms with Gasteiger partial charge in [-0.25, -0.2) is 9.18 Å². The summed E-state index contributed by atoms with van der Waals surface area (Å²) in [4.78, 5) is 23.4. The number of ether oxygens (including phenoxy) is 1. The number of carbonyl (C=O) groups excluding carboxylic acids is 2. The first-order valence-electron chi connectivity index (χ1n) is 6.68. The van der Waals surface area contributed by atoms with Crippen LogP contribution in [0.3, 0.4) is 0 Å². The minimum atomic E-state index is -1.11. The Morgan fingerprint density at radius 3 is 2.74 bits per heavy atom. The van der Waals surface area contributed by atoms with Crippen molar-refractivity contribution in [1.82, 2.24) is 5.32 Å². The molecule has 0 aliphatic heterocycles. The van der Waals surface area contributed by atoms with Gasteiger partial charge in [0.1, 0.15) is 18.6 Å². The van der Waals surface area contributed by atoms with Crippen LogP contribution < -0.4 is 5.32 Å². The molecule has 4 unspecified atom stereocenters. The first kappa shape index (κ1) is 14.0. The molecule has 0 saturated heterocycles. The predicted octanol–water partition coefficient (Wildman–Crippen LogP) is 2.24. The molecule has 2 aliphatic rings. The highest BCUT2D eigenvalue weighted by Crippen LogP contribution is 2.52. The molecule has 1 N–H and O–H groups in total. The number of hydrogen-bond acceptors (Lipinski definition) is 3. The lowest BCUT2D eigenvalue weighted by molar-refractivity contribution is -0.130. The van der Waals surface area contributed by atoms with E-state index in [0.717, 1.165) is 12.8 Å². The quantitative estimate of drug-likeness (QED) is 0.779. The molecule has 2 rings (SSSR count). The molecule has 0 aromatic rings. The molecule has 2 aliphatic carbocycles. The summed E-state index contributed by atoms with van der Waals surface area (Å²) in [6, 6.07) is 0. The summed E-state index contributed by atoms with van der Waals surface area (Å²) < 4.78 is 17.7. The summed E-state index contributed by atoms with van der Waals surface area (Å²) in [5.74, 6) is 0.658. The van der Waals surface area contributed by atoms with Crippen molar-refractivity contribution in [2.24, 2.45) is 17.3 Å². The monoisotopic (exact) mass is 269 g/mol. The van der Waals surface area contributed by atoms with Crippen molar-refractivity contribution in [3.05, 3.63) is 12.2 Å². The van der Waals surface area contributed by atoms with Crippen molar-refractivity contribution in [2.45, 2.75) is 32.9 Å². The molecule has 1 saturated carbocycles. The van der Waals surface area contributed by atoms with Crippen LogP contribution in [0.5, 0.6) is 0 Å². The average Bonchev–Trinajstić information content (AvgIpc) is 2.94. The minimum Gasteiger partial charge on any atom is -0.448 e. The standard InChI is InChI=1S/C14H20FNO3/c1-9(15)7-16-13(18)19-8-14(10(2)17)6-11-3-4-12(14)5-11/h3-4,9,11-12H,5-8H2,1-2H3,(H,16,18). The molecule has 106 valence electrons. The second kappa shape index (κ2) is 5.31. The zero-order valence-electron chi connectivity index (χ0n) is 11.3. The number of fused-ring (bicyclic) bond motifs is 2. The van der Waals surface area contributed by atoms with Gasteiger partial charge < -0.3 is 10.1 Å². The summed E-state index contributed by atoms with van der Waals surface area (Å²) in [7, 11) is 0. The van der Waals surface area contributed by atoms with Crippen LogP contribution in [0, 0.1) is 17.3 Å². The third kappa shape index (κ3) is 2.80. The van der Waals surface area contributed by atoms with Crippen molar-refractivity contribution >= 4 is 11.9 Å². The Morgan fingerprint density at radius 2 is 2.26 bits per heavy atom. The molecule has 1 amide bonds. The first-order valence-corrected chi connectivity index (χ1v) is 6.68. The summed E-state index contributed by atoms with van der Waals surface area (Å²) in [5, 5.41) is 2.34. The highest BCUT2D eigenvalue weighted by atomic mass is 19.1. The molecule has 4 atom stereocenters.